The number of amides is 2. The Morgan fingerprint density at radius 2 is 1.35 bits per heavy atom. The number of hydrogen-bond donors (Lipinski definition) is 12. The van der Waals surface area contributed by atoms with E-state index >= 15 is 0 Å². The van der Waals surface area contributed by atoms with E-state index in [0.29, 0.717) is 0 Å². The lowest BCUT2D eigenvalue weighted by molar-refractivity contribution is -0.333. The number of carbonyl (C=O) groups is 4. The van der Waals surface area contributed by atoms with Crippen molar-refractivity contribution in [2.45, 2.75) is 98.7 Å². The minimum atomic E-state index is -2.64. The van der Waals surface area contributed by atoms with E-state index in [1.165, 1.54) is 0 Å². The minimum absolute atomic E-state index is 0.212. The van der Waals surface area contributed by atoms with Crippen LogP contribution in [0.1, 0.15) is 12.8 Å². The monoisotopic (exact) mass is 675 g/mol. The molecule has 3 heterocycles. The highest BCUT2D eigenvalue weighted by Gasteiger charge is 2.48. The van der Waals surface area contributed by atoms with Crippen LogP contribution >= 0.6 is 0 Å². The van der Waals surface area contributed by atoms with Crippen LogP contribution in [0.25, 0.3) is 0 Å². The van der Waals surface area contributed by atoms with E-state index in [-0.39, 0.29) is 5.06 Å². The first-order valence-electron chi connectivity index (χ1n) is 13.8. The molecule has 0 aromatic rings. The summed E-state index contributed by atoms with van der Waals surface area (Å²) >= 11 is 0. The van der Waals surface area contributed by atoms with Gasteiger partial charge < -0.3 is 79.9 Å². The molecule has 0 aromatic carbocycles. The first-order chi connectivity index (χ1) is 21.5. The van der Waals surface area contributed by atoms with Gasteiger partial charge in [0.05, 0.1) is 32.2 Å². The van der Waals surface area contributed by atoms with Crippen molar-refractivity contribution < 1.29 is 104 Å². The second-order valence-corrected chi connectivity index (χ2v) is 10.8. The summed E-state index contributed by atoms with van der Waals surface area (Å²) in [5.41, 5.74) is 0. The molecule has 46 heavy (non-hydrogen) atoms. The molecule has 0 aromatic heterocycles. The topological polar surface area (TPSA) is 360 Å². The van der Waals surface area contributed by atoms with Gasteiger partial charge in [-0.2, -0.15) is 5.06 Å². The molecular formula is C24H37NO21. The van der Waals surface area contributed by atoms with Crippen molar-refractivity contribution in [3.63, 3.8) is 0 Å². The third kappa shape index (κ3) is 8.56. The van der Waals surface area contributed by atoms with Crippen LogP contribution in [0.4, 0.5) is 0 Å². The predicted molar refractivity (Wildman–Crippen MR) is 134 cm³/mol. The van der Waals surface area contributed by atoms with Gasteiger partial charge in [-0.1, -0.05) is 0 Å². The number of rotatable bonds is 13. The van der Waals surface area contributed by atoms with Gasteiger partial charge in [0.25, 0.3) is 11.8 Å². The van der Waals surface area contributed by atoms with Gasteiger partial charge in [0.1, 0.15) is 67.1 Å². The molecule has 1 unspecified atom stereocenters. The number of ether oxygens (including phenoxy) is 5. The Morgan fingerprint density at radius 3 is 1.89 bits per heavy atom. The molecule has 3 aliphatic heterocycles. The summed E-state index contributed by atoms with van der Waals surface area (Å²) in [7, 11) is 0. The van der Waals surface area contributed by atoms with Crippen molar-refractivity contribution in [2.75, 3.05) is 19.8 Å². The first kappa shape index (κ1) is 38.1. The Kier molecular flexibility index (Phi) is 13.4. The third-order valence-corrected chi connectivity index (χ3v) is 7.52. The number of carbonyl (C=O) groups excluding carboxylic acids is 4. The summed E-state index contributed by atoms with van der Waals surface area (Å²) < 4.78 is 25.1. The summed E-state index contributed by atoms with van der Waals surface area (Å²) in [5.74, 6) is -6.72. The average Bonchev–Trinajstić information content (AvgIpc) is 3.26. The zero-order chi connectivity index (χ0) is 34.6. The van der Waals surface area contributed by atoms with Gasteiger partial charge in [-0.15, -0.1) is 0 Å². The Bertz CT molecular complexity index is 1080. The number of hydrogen-bond acceptors (Lipinski definition) is 21. The van der Waals surface area contributed by atoms with Gasteiger partial charge in [0.15, 0.2) is 18.7 Å². The molecule has 3 aliphatic rings. The second kappa shape index (κ2) is 16.2. The van der Waals surface area contributed by atoms with E-state index in [0.717, 1.165) is 0 Å². The fraction of sp³-hybridized carbons (Fsp3) is 0.833. The molecule has 0 saturated carbocycles. The normalized spacial score (nSPS) is 37.9. The lowest BCUT2D eigenvalue weighted by Crippen LogP contribution is -2.62. The quantitative estimate of drug-likeness (QED) is 0.0373. The molecule has 22 heteroatoms. The Balaban J connectivity index is 1.50. The van der Waals surface area contributed by atoms with Crippen molar-refractivity contribution in [3.05, 3.63) is 0 Å². The zero-order valence-electron chi connectivity index (χ0n) is 23.7. The maximum absolute atomic E-state index is 12.1. The van der Waals surface area contributed by atoms with Crippen LogP contribution in [0.5, 0.6) is 0 Å². The highest BCUT2D eigenvalue weighted by atomic mass is 16.7. The van der Waals surface area contributed by atoms with Crippen molar-refractivity contribution in [1.82, 2.24) is 5.06 Å². The van der Waals surface area contributed by atoms with Gasteiger partial charge in [0.2, 0.25) is 0 Å². The fourth-order valence-electron chi connectivity index (χ4n) is 4.69. The van der Waals surface area contributed by atoms with Gasteiger partial charge >= 0.3 is 11.9 Å². The first-order valence-corrected chi connectivity index (χ1v) is 13.8. The summed E-state index contributed by atoms with van der Waals surface area (Å²) in [5, 5.41) is 119. The summed E-state index contributed by atoms with van der Waals surface area (Å²) in [6.07, 6.45) is -28.5. The van der Waals surface area contributed by atoms with E-state index < -0.39 is 148 Å². The Labute approximate surface area is 258 Å². The molecule has 2 amide bonds. The van der Waals surface area contributed by atoms with Crippen LogP contribution in [0.15, 0.2) is 0 Å². The van der Waals surface area contributed by atoms with Crippen molar-refractivity contribution >= 4 is 23.8 Å². The highest BCUT2D eigenvalue weighted by Crippen LogP contribution is 2.26. The van der Waals surface area contributed by atoms with Crippen LogP contribution in [0.3, 0.4) is 0 Å². The van der Waals surface area contributed by atoms with Gasteiger partial charge in [-0.05, 0) is 0 Å². The maximum Gasteiger partial charge on any atom is 0.345 e. The summed E-state index contributed by atoms with van der Waals surface area (Å²) in [4.78, 5) is 46.9. The van der Waals surface area contributed by atoms with Crippen LogP contribution in [0, 0.1) is 5.92 Å². The van der Waals surface area contributed by atoms with E-state index in [2.05, 4.69) is 4.74 Å². The van der Waals surface area contributed by atoms with Crippen molar-refractivity contribution in [3.8, 4) is 0 Å². The molecular weight excluding hydrogens is 638 g/mol. The summed E-state index contributed by atoms with van der Waals surface area (Å²) in [6.45, 7) is -2.48. The van der Waals surface area contributed by atoms with E-state index in [4.69, 9.17) is 18.9 Å². The van der Waals surface area contributed by atoms with E-state index in [9.17, 15) is 80.6 Å². The van der Waals surface area contributed by atoms with Crippen LogP contribution in [-0.2, 0) is 42.9 Å². The molecule has 3 rings (SSSR count). The Hall–Kier alpha value is -2.36. The minimum Gasteiger partial charge on any atom is -0.394 e. The molecule has 3 fully saturated rings. The largest absolute Gasteiger partial charge is 0.394 e. The lowest BCUT2D eigenvalue weighted by atomic mass is 9.98. The molecule has 15 atom stereocenters. The van der Waals surface area contributed by atoms with Gasteiger partial charge in [-0.3, -0.25) is 19.6 Å². The van der Waals surface area contributed by atoms with Crippen LogP contribution < -0.4 is 0 Å². The van der Waals surface area contributed by atoms with E-state index in [1.54, 1.807) is 0 Å². The number of imide groups is 1. The lowest BCUT2D eigenvalue weighted by Gasteiger charge is -2.42. The average molecular weight is 676 g/mol. The van der Waals surface area contributed by atoms with Crippen molar-refractivity contribution in [1.29, 1.82) is 0 Å². The van der Waals surface area contributed by atoms with Crippen LogP contribution in [-0.4, -0.2) is 196 Å². The smallest absolute Gasteiger partial charge is 0.345 e. The number of nitrogens with zero attached hydrogens (tertiary/aromatic N) is 1. The number of aliphatic hydroxyl groups excluding tert-OH is 11. The maximum atomic E-state index is 12.1. The predicted octanol–water partition coefficient (Wildman–Crippen LogP) is -8.71. The molecule has 0 bridgehead atoms. The van der Waals surface area contributed by atoms with Gasteiger partial charge in [0, 0.05) is 6.42 Å². The number of hydroxylamine groups is 2. The van der Waals surface area contributed by atoms with Crippen molar-refractivity contribution in [2.24, 2.45) is 5.92 Å². The molecule has 0 spiro atoms. The molecule has 12 N–H and O–H groups in total. The Morgan fingerprint density at radius 1 is 0.804 bits per heavy atom. The number of esters is 2. The standard InChI is InChI=1S/C24H37NO21/c26-3-8-13(31)16(34)19(37)24(44-8)43-5-9-14(32)17(35)20(38)23(45-9)42-4-7(27)12(30)15(33)18(36)22(40)46-11(29)2-6-1-10(28)25(41)21(6)39/h6-9,12-20,23-24,26-27,30-38,41H,1-5H2/t6?,7-,8-,9-,12-,13-,14-,15+,16+,17+,18-,19-,20-,23+,24+/m1/s1. The SMILES string of the molecule is O=C(CC1CC(=O)N(O)C1=O)OC(=O)[C@H](O)[C@@H](O)[C@H](O)[C@H](O)CO[C@H]1O[C@H](CO[C@H]2O[C@H](CO)[C@@H](O)[C@H](O)[C@H]2O)[C@@H](O)[C@H](O)[C@H]1O. The van der Waals surface area contributed by atoms with Crippen LogP contribution in [0.2, 0.25) is 0 Å². The number of aliphatic hydroxyl groups is 11. The zero-order valence-corrected chi connectivity index (χ0v) is 23.7. The third-order valence-electron chi connectivity index (χ3n) is 7.52. The van der Waals surface area contributed by atoms with E-state index in [1.807, 2.05) is 0 Å². The second-order valence-electron chi connectivity index (χ2n) is 10.8. The van der Waals surface area contributed by atoms with Gasteiger partial charge in [-0.25, -0.2) is 4.79 Å². The highest BCUT2D eigenvalue weighted by molar-refractivity contribution is 6.03. The molecule has 264 valence electrons. The summed E-state index contributed by atoms with van der Waals surface area (Å²) in [6, 6.07) is 0. The molecule has 3 saturated heterocycles. The molecule has 0 aliphatic carbocycles. The molecule has 22 nitrogen and oxygen atoms in total. The molecule has 0 radical (unpaired) electrons. The fourth-order valence-corrected chi connectivity index (χ4v) is 4.69.